The molecule has 6 nitrogen and oxygen atoms in total. The number of benzene rings is 2. The van der Waals surface area contributed by atoms with Gasteiger partial charge in [0.25, 0.3) is 5.91 Å². The zero-order valence-corrected chi connectivity index (χ0v) is 15.0. The lowest BCUT2D eigenvalue weighted by atomic mass is 10.1. The molecule has 3 N–H and O–H groups in total. The van der Waals surface area contributed by atoms with Gasteiger partial charge in [-0.15, -0.1) is 0 Å². The molecular weight excluding hydrogens is 386 g/mol. The minimum Gasteiger partial charge on any atom is -0.352 e. The molecule has 2 aromatic carbocycles. The van der Waals surface area contributed by atoms with Crippen molar-refractivity contribution in [3.63, 3.8) is 0 Å². The summed E-state index contributed by atoms with van der Waals surface area (Å²) in [5.74, 6) is -0.940. The summed E-state index contributed by atoms with van der Waals surface area (Å²) >= 11 is 3.30. The summed E-state index contributed by atoms with van der Waals surface area (Å²) in [6.45, 7) is 0.176. The Morgan fingerprint density at radius 3 is 2.16 bits per heavy atom. The van der Waals surface area contributed by atoms with Crippen LogP contribution >= 0.6 is 15.9 Å². The summed E-state index contributed by atoms with van der Waals surface area (Å²) in [4.78, 5) is 35.3. The zero-order valence-electron chi connectivity index (χ0n) is 13.4. The summed E-state index contributed by atoms with van der Waals surface area (Å²) in [5, 5.41) is 2.65. The highest BCUT2D eigenvalue weighted by Crippen LogP contribution is 2.10. The van der Waals surface area contributed by atoms with E-state index in [1.807, 2.05) is 30.3 Å². The second-order valence-corrected chi connectivity index (χ2v) is 6.19. The van der Waals surface area contributed by atoms with Gasteiger partial charge in [0, 0.05) is 23.0 Å². The smallest absolute Gasteiger partial charge is 0.251 e. The van der Waals surface area contributed by atoms with Crippen molar-refractivity contribution in [1.29, 1.82) is 0 Å². The Morgan fingerprint density at radius 2 is 1.48 bits per heavy atom. The molecule has 3 amide bonds. The van der Waals surface area contributed by atoms with Gasteiger partial charge in [0.15, 0.2) is 0 Å². The average molecular weight is 404 g/mol. The normalized spacial score (nSPS) is 9.96. The number of hydrogen-bond donors (Lipinski definition) is 3. The number of hydrogen-bond acceptors (Lipinski definition) is 3. The average Bonchev–Trinajstić information content (AvgIpc) is 2.61. The van der Waals surface area contributed by atoms with Crippen molar-refractivity contribution >= 4 is 33.7 Å². The van der Waals surface area contributed by atoms with Gasteiger partial charge < -0.3 is 5.32 Å². The summed E-state index contributed by atoms with van der Waals surface area (Å²) in [6.07, 6.45) is 0.245. The van der Waals surface area contributed by atoms with Crippen LogP contribution in [0.2, 0.25) is 0 Å². The van der Waals surface area contributed by atoms with Gasteiger partial charge in [-0.2, -0.15) is 0 Å². The molecule has 0 unspecified atom stereocenters. The van der Waals surface area contributed by atoms with Crippen molar-refractivity contribution in [3.05, 3.63) is 70.2 Å². The van der Waals surface area contributed by atoms with Crippen molar-refractivity contribution in [3.8, 4) is 0 Å². The Hall–Kier alpha value is -2.67. The number of carbonyl (C=O) groups is 3. The molecule has 0 aromatic heterocycles. The quantitative estimate of drug-likeness (QED) is 0.644. The van der Waals surface area contributed by atoms with E-state index in [9.17, 15) is 14.4 Å². The molecule has 0 fully saturated rings. The van der Waals surface area contributed by atoms with Crippen LogP contribution in [-0.4, -0.2) is 24.3 Å². The van der Waals surface area contributed by atoms with Crippen LogP contribution in [0.25, 0.3) is 0 Å². The first-order chi connectivity index (χ1) is 12.0. The summed E-state index contributed by atoms with van der Waals surface area (Å²) in [5.41, 5.74) is 6.05. The SMILES string of the molecule is O=C(CCNC(=O)c1ccc(Br)cc1)NNC(=O)Cc1ccccc1. The fourth-order valence-corrected chi connectivity index (χ4v) is 2.28. The van der Waals surface area contributed by atoms with Crippen LogP contribution < -0.4 is 16.2 Å². The second kappa shape index (κ2) is 9.58. The lowest BCUT2D eigenvalue weighted by molar-refractivity contribution is -0.128. The largest absolute Gasteiger partial charge is 0.352 e. The van der Waals surface area contributed by atoms with Crippen molar-refractivity contribution in [2.75, 3.05) is 6.54 Å². The molecule has 0 aliphatic heterocycles. The number of halogens is 1. The van der Waals surface area contributed by atoms with Crippen molar-refractivity contribution in [1.82, 2.24) is 16.2 Å². The van der Waals surface area contributed by atoms with E-state index in [0.29, 0.717) is 5.56 Å². The molecule has 0 saturated carbocycles. The molecule has 0 atom stereocenters. The summed E-state index contributed by atoms with van der Waals surface area (Å²) in [6, 6.07) is 16.1. The first kappa shape index (κ1) is 18.7. The van der Waals surface area contributed by atoms with Gasteiger partial charge in [-0.25, -0.2) is 0 Å². The number of carbonyl (C=O) groups excluding carboxylic acids is 3. The molecule has 0 aliphatic rings. The molecule has 0 radical (unpaired) electrons. The predicted molar refractivity (Wildman–Crippen MR) is 97.5 cm³/mol. The molecule has 0 aliphatic carbocycles. The van der Waals surface area contributed by atoms with E-state index in [1.54, 1.807) is 24.3 Å². The topological polar surface area (TPSA) is 87.3 Å². The second-order valence-electron chi connectivity index (χ2n) is 5.27. The van der Waals surface area contributed by atoms with Gasteiger partial charge in [0.1, 0.15) is 0 Å². The van der Waals surface area contributed by atoms with E-state index >= 15 is 0 Å². The fraction of sp³-hybridized carbons (Fsp3) is 0.167. The number of nitrogens with one attached hydrogen (secondary N) is 3. The maximum absolute atomic E-state index is 11.9. The van der Waals surface area contributed by atoms with E-state index in [0.717, 1.165) is 10.0 Å². The van der Waals surface area contributed by atoms with Crippen molar-refractivity contribution in [2.24, 2.45) is 0 Å². The Bertz CT molecular complexity index is 733. The van der Waals surface area contributed by atoms with Crippen LogP contribution in [0, 0.1) is 0 Å². The number of rotatable bonds is 6. The van der Waals surface area contributed by atoms with Crippen LogP contribution in [0.1, 0.15) is 22.3 Å². The minimum atomic E-state index is -0.377. The third-order valence-corrected chi connectivity index (χ3v) is 3.82. The highest BCUT2D eigenvalue weighted by Gasteiger charge is 2.08. The lowest BCUT2D eigenvalue weighted by Gasteiger charge is -2.08. The van der Waals surface area contributed by atoms with Crippen molar-refractivity contribution in [2.45, 2.75) is 12.8 Å². The van der Waals surface area contributed by atoms with Gasteiger partial charge >= 0.3 is 0 Å². The number of hydrazine groups is 1. The molecule has 25 heavy (non-hydrogen) atoms. The Morgan fingerprint density at radius 1 is 0.840 bits per heavy atom. The first-order valence-corrected chi connectivity index (χ1v) is 8.49. The molecule has 0 bridgehead atoms. The Kier molecular flexibility index (Phi) is 7.16. The standard InChI is InChI=1S/C18H18BrN3O3/c19-15-8-6-14(7-9-15)18(25)20-11-10-16(23)21-22-17(24)12-13-4-2-1-3-5-13/h1-9H,10-12H2,(H,20,25)(H,21,23)(H,22,24). The van der Waals surface area contributed by atoms with Gasteiger partial charge in [0.05, 0.1) is 6.42 Å². The molecule has 0 saturated heterocycles. The van der Waals surface area contributed by atoms with Gasteiger partial charge in [-0.1, -0.05) is 46.3 Å². The van der Waals surface area contributed by atoms with Crippen LogP contribution in [0.5, 0.6) is 0 Å². The molecule has 0 spiro atoms. The molecule has 2 rings (SSSR count). The van der Waals surface area contributed by atoms with Crippen LogP contribution in [-0.2, 0) is 16.0 Å². The lowest BCUT2D eigenvalue weighted by Crippen LogP contribution is -2.43. The van der Waals surface area contributed by atoms with Crippen LogP contribution in [0.4, 0.5) is 0 Å². The zero-order chi connectivity index (χ0) is 18.1. The minimum absolute atomic E-state index is 0.0634. The molecule has 2 aromatic rings. The van der Waals surface area contributed by atoms with E-state index in [1.165, 1.54) is 0 Å². The van der Waals surface area contributed by atoms with E-state index in [4.69, 9.17) is 0 Å². The van der Waals surface area contributed by atoms with Gasteiger partial charge in [-0.3, -0.25) is 25.2 Å². The van der Waals surface area contributed by atoms with E-state index in [-0.39, 0.29) is 37.1 Å². The third kappa shape index (κ3) is 6.76. The highest BCUT2D eigenvalue weighted by atomic mass is 79.9. The Balaban J connectivity index is 1.64. The van der Waals surface area contributed by atoms with Crippen LogP contribution in [0.3, 0.4) is 0 Å². The maximum Gasteiger partial charge on any atom is 0.251 e. The summed E-state index contributed by atoms with van der Waals surface area (Å²) in [7, 11) is 0. The predicted octanol–water partition coefficient (Wildman–Crippen LogP) is 1.96. The molecular formula is C18H18BrN3O3. The monoisotopic (exact) mass is 403 g/mol. The van der Waals surface area contributed by atoms with Crippen molar-refractivity contribution < 1.29 is 14.4 Å². The van der Waals surface area contributed by atoms with E-state index < -0.39 is 0 Å². The third-order valence-electron chi connectivity index (χ3n) is 3.29. The molecule has 0 heterocycles. The molecule has 7 heteroatoms. The number of amides is 3. The Labute approximate surface area is 154 Å². The first-order valence-electron chi connectivity index (χ1n) is 7.70. The van der Waals surface area contributed by atoms with Crippen LogP contribution in [0.15, 0.2) is 59.1 Å². The highest BCUT2D eigenvalue weighted by molar-refractivity contribution is 9.10. The van der Waals surface area contributed by atoms with Gasteiger partial charge in [0.2, 0.25) is 11.8 Å². The van der Waals surface area contributed by atoms with E-state index in [2.05, 4.69) is 32.1 Å². The van der Waals surface area contributed by atoms with Gasteiger partial charge in [-0.05, 0) is 29.8 Å². The maximum atomic E-state index is 11.9. The molecule has 130 valence electrons. The fourth-order valence-electron chi connectivity index (χ4n) is 2.02. The summed E-state index contributed by atoms with van der Waals surface area (Å²) < 4.78 is 0.884.